The summed E-state index contributed by atoms with van der Waals surface area (Å²) in [7, 11) is 0. The lowest BCUT2D eigenvalue weighted by Gasteiger charge is -2.13. The second-order valence-corrected chi connectivity index (χ2v) is 5.40. The fraction of sp³-hybridized carbons (Fsp3) is 0.467. The zero-order chi connectivity index (χ0) is 15.2. The van der Waals surface area contributed by atoms with Crippen LogP contribution in [0.4, 0.5) is 0 Å². The third-order valence-electron chi connectivity index (χ3n) is 2.92. The van der Waals surface area contributed by atoms with Gasteiger partial charge in [0.2, 0.25) is 0 Å². The minimum atomic E-state index is -0.706. The Morgan fingerprint density at radius 3 is 3.00 bits per heavy atom. The van der Waals surface area contributed by atoms with Crippen LogP contribution in [0.2, 0.25) is 0 Å². The van der Waals surface area contributed by atoms with Crippen LogP contribution in [0.1, 0.15) is 24.2 Å². The number of aliphatic hydroxyl groups is 1. The van der Waals surface area contributed by atoms with Crippen molar-refractivity contribution < 1.29 is 14.6 Å². The molecule has 0 saturated carbocycles. The number of fused-ring (bicyclic) bond motifs is 1. The molecule has 0 aromatic carbocycles. The number of carbonyl (C=O) groups is 1. The van der Waals surface area contributed by atoms with Crippen molar-refractivity contribution in [3.8, 4) is 0 Å². The molecule has 1 unspecified atom stereocenters. The van der Waals surface area contributed by atoms with Crippen molar-refractivity contribution in [2.24, 2.45) is 5.92 Å². The molecule has 2 aromatic rings. The molecule has 2 aromatic heterocycles. The van der Waals surface area contributed by atoms with E-state index in [0.717, 1.165) is 0 Å². The van der Waals surface area contributed by atoms with Crippen molar-refractivity contribution in [2.75, 3.05) is 19.8 Å². The summed E-state index contributed by atoms with van der Waals surface area (Å²) in [5.74, 6) is 0.191. The number of rotatable bonds is 7. The summed E-state index contributed by atoms with van der Waals surface area (Å²) in [6.07, 6.45) is 4.56. The number of nitrogens with zero attached hydrogens (tertiary/aromatic N) is 2. The highest BCUT2D eigenvalue weighted by Crippen LogP contribution is 2.05. The van der Waals surface area contributed by atoms with Gasteiger partial charge in [0, 0.05) is 37.3 Å². The van der Waals surface area contributed by atoms with Gasteiger partial charge >= 0.3 is 0 Å². The zero-order valence-electron chi connectivity index (χ0n) is 12.3. The molecule has 0 spiro atoms. The number of imidazole rings is 1. The van der Waals surface area contributed by atoms with Crippen molar-refractivity contribution in [3.05, 3.63) is 36.3 Å². The molecule has 2 heterocycles. The smallest absolute Gasteiger partial charge is 0.251 e. The first-order valence-electron chi connectivity index (χ1n) is 7.03. The summed E-state index contributed by atoms with van der Waals surface area (Å²) in [5, 5.41) is 12.4. The predicted octanol–water partition coefficient (Wildman–Crippen LogP) is 1.10. The number of nitrogens with one attached hydrogen (secondary N) is 1. The number of carbonyl (C=O) groups excluding carboxylic acids is 1. The summed E-state index contributed by atoms with van der Waals surface area (Å²) < 4.78 is 7.15. The largest absolute Gasteiger partial charge is 0.389 e. The van der Waals surface area contributed by atoms with Crippen LogP contribution < -0.4 is 5.32 Å². The maximum absolute atomic E-state index is 12.0. The van der Waals surface area contributed by atoms with E-state index in [1.165, 1.54) is 0 Å². The van der Waals surface area contributed by atoms with Crippen molar-refractivity contribution in [2.45, 2.75) is 20.0 Å². The number of hydrogen-bond acceptors (Lipinski definition) is 4. The van der Waals surface area contributed by atoms with Gasteiger partial charge in [-0.25, -0.2) is 4.98 Å². The molecule has 0 aliphatic heterocycles. The topological polar surface area (TPSA) is 75.9 Å². The molecule has 0 aliphatic rings. The molecule has 0 aliphatic carbocycles. The van der Waals surface area contributed by atoms with Gasteiger partial charge in [-0.15, -0.1) is 0 Å². The van der Waals surface area contributed by atoms with E-state index >= 15 is 0 Å². The molecule has 2 N–H and O–H groups in total. The van der Waals surface area contributed by atoms with Crippen LogP contribution in [0.15, 0.2) is 30.7 Å². The van der Waals surface area contributed by atoms with Crippen molar-refractivity contribution >= 4 is 11.6 Å². The monoisotopic (exact) mass is 291 g/mol. The second-order valence-electron chi connectivity index (χ2n) is 5.40. The molecule has 114 valence electrons. The minimum absolute atomic E-state index is 0.163. The van der Waals surface area contributed by atoms with Crippen molar-refractivity contribution in [1.29, 1.82) is 0 Å². The van der Waals surface area contributed by atoms with Gasteiger partial charge < -0.3 is 19.6 Å². The third-order valence-corrected chi connectivity index (χ3v) is 2.92. The molecule has 0 radical (unpaired) electrons. The number of amides is 1. The van der Waals surface area contributed by atoms with E-state index in [0.29, 0.717) is 23.7 Å². The van der Waals surface area contributed by atoms with Gasteiger partial charge in [-0.05, 0) is 18.1 Å². The van der Waals surface area contributed by atoms with Gasteiger partial charge in [0.25, 0.3) is 5.91 Å². The standard InChI is InChI=1S/C15H21N3O3/c1-11(2)9-21-10-13(19)8-17-15(20)12-3-5-18-6-4-16-14(18)7-12/h3-7,11,13,19H,8-10H2,1-2H3,(H,17,20). The summed E-state index contributed by atoms with van der Waals surface area (Å²) >= 11 is 0. The summed E-state index contributed by atoms with van der Waals surface area (Å²) in [6, 6.07) is 3.42. The van der Waals surface area contributed by atoms with Crippen LogP contribution >= 0.6 is 0 Å². The average Bonchev–Trinajstić information content (AvgIpc) is 2.91. The number of aromatic nitrogens is 2. The Kier molecular flexibility index (Phi) is 5.30. The molecular formula is C15H21N3O3. The zero-order valence-corrected chi connectivity index (χ0v) is 12.3. The molecule has 0 fully saturated rings. The van der Waals surface area contributed by atoms with Gasteiger partial charge in [-0.2, -0.15) is 0 Å². The van der Waals surface area contributed by atoms with E-state index < -0.39 is 6.10 Å². The lowest BCUT2D eigenvalue weighted by Crippen LogP contribution is -2.34. The molecular weight excluding hydrogens is 270 g/mol. The Labute approximate surface area is 123 Å². The predicted molar refractivity (Wildman–Crippen MR) is 79.2 cm³/mol. The Morgan fingerprint density at radius 1 is 1.43 bits per heavy atom. The lowest BCUT2D eigenvalue weighted by atomic mass is 10.2. The first kappa shape index (κ1) is 15.5. The quantitative estimate of drug-likeness (QED) is 0.801. The summed E-state index contributed by atoms with van der Waals surface area (Å²) in [6.45, 7) is 5.07. The second kappa shape index (κ2) is 7.19. The van der Waals surface area contributed by atoms with Gasteiger partial charge in [0.1, 0.15) is 5.65 Å². The van der Waals surface area contributed by atoms with E-state index in [4.69, 9.17) is 4.74 Å². The van der Waals surface area contributed by atoms with E-state index in [9.17, 15) is 9.90 Å². The van der Waals surface area contributed by atoms with Gasteiger partial charge in [0.15, 0.2) is 0 Å². The van der Waals surface area contributed by atoms with E-state index in [2.05, 4.69) is 10.3 Å². The minimum Gasteiger partial charge on any atom is -0.389 e. The summed E-state index contributed by atoms with van der Waals surface area (Å²) in [5.41, 5.74) is 1.23. The molecule has 1 amide bonds. The summed E-state index contributed by atoms with van der Waals surface area (Å²) in [4.78, 5) is 16.1. The van der Waals surface area contributed by atoms with Crippen LogP contribution in [-0.2, 0) is 4.74 Å². The molecule has 21 heavy (non-hydrogen) atoms. The highest BCUT2D eigenvalue weighted by atomic mass is 16.5. The normalized spacial score (nSPS) is 12.8. The van der Waals surface area contributed by atoms with Crippen LogP contribution in [0.5, 0.6) is 0 Å². The Bertz CT molecular complexity index is 595. The van der Waals surface area contributed by atoms with Crippen molar-refractivity contribution in [3.63, 3.8) is 0 Å². The first-order valence-corrected chi connectivity index (χ1v) is 7.03. The highest BCUT2D eigenvalue weighted by Gasteiger charge is 2.10. The van der Waals surface area contributed by atoms with Crippen molar-refractivity contribution in [1.82, 2.24) is 14.7 Å². The first-order chi connectivity index (χ1) is 10.1. The van der Waals surface area contributed by atoms with E-state index in [1.54, 1.807) is 24.5 Å². The third kappa shape index (κ3) is 4.54. The number of ether oxygens (including phenoxy) is 1. The molecule has 0 saturated heterocycles. The van der Waals surface area contributed by atoms with E-state index in [1.807, 2.05) is 24.4 Å². The maximum Gasteiger partial charge on any atom is 0.251 e. The number of aliphatic hydroxyl groups excluding tert-OH is 1. The highest BCUT2D eigenvalue weighted by molar-refractivity contribution is 5.95. The Hall–Kier alpha value is -1.92. The number of hydrogen-bond donors (Lipinski definition) is 2. The molecule has 0 bridgehead atoms. The fourth-order valence-electron chi connectivity index (χ4n) is 1.86. The molecule has 6 heteroatoms. The van der Waals surface area contributed by atoms with Gasteiger partial charge in [-0.3, -0.25) is 4.79 Å². The molecule has 6 nitrogen and oxygen atoms in total. The van der Waals surface area contributed by atoms with Gasteiger partial charge in [-0.1, -0.05) is 13.8 Å². The number of pyridine rings is 1. The lowest BCUT2D eigenvalue weighted by molar-refractivity contribution is 0.0259. The SMILES string of the molecule is CC(C)COCC(O)CNC(=O)c1ccn2ccnc2c1. The van der Waals surface area contributed by atoms with Crippen LogP contribution in [0.25, 0.3) is 5.65 Å². The molecule has 2 rings (SSSR count). The maximum atomic E-state index is 12.0. The Morgan fingerprint density at radius 2 is 2.24 bits per heavy atom. The fourth-order valence-corrected chi connectivity index (χ4v) is 1.86. The van der Waals surface area contributed by atoms with Crippen LogP contribution in [-0.4, -0.2) is 46.3 Å². The van der Waals surface area contributed by atoms with Crippen LogP contribution in [0.3, 0.4) is 0 Å². The van der Waals surface area contributed by atoms with Gasteiger partial charge in [0.05, 0.1) is 12.7 Å². The average molecular weight is 291 g/mol. The Balaban J connectivity index is 1.81. The van der Waals surface area contributed by atoms with Crippen LogP contribution in [0, 0.1) is 5.92 Å². The van der Waals surface area contributed by atoms with E-state index in [-0.39, 0.29) is 19.1 Å². The molecule has 1 atom stereocenters.